The Morgan fingerprint density at radius 2 is 2.46 bits per heavy atom. The molecule has 6 heteroatoms. The summed E-state index contributed by atoms with van der Waals surface area (Å²) in [6.45, 7) is 3.41. The first-order chi connectivity index (χ1) is 6.15. The molecule has 0 unspecified atom stereocenters. The number of esters is 1. The highest BCUT2D eigenvalue weighted by Crippen LogP contribution is 2.09. The quantitative estimate of drug-likeness (QED) is 0.667. The number of aromatic nitrogens is 2. The molecule has 0 fully saturated rings. The molecule has 0 saturated heterocycles. The molecule has 0 aromatic carbocycles. The molecule has 0 bridgehead atoms. The topological polar surface area (TPSA) is 85.5 Å². The Balaban J connectivity index is 2.67. The van der Waals surface area contributed by atoms with E-state index in [9.17, 15) is 9.90 Å². The molecule has 0 aliphatic rings. The van der Waals surface area contributed by atoms with Crippen LogP contribution in [0.15, 0.2) is 4.52 Å². The monoisotopic (exact) mass is 186 g/mol. The highest BCUT2D eigenvalue weighted by atomic mass is 16.5. The second-order valence-electron chi connectivity index (χ2n) is 2.33. The lowest BCUT2D eigenvalue weighted by Gasteiger charge is -2.03. The molecule has 1 rings (SSSR count). The molecule has 72 valence electrons. The minimum atomic E-state index is -1.46. The van der Waals surface area contributed by atoms with E-state index in [2.05, 4.69) is 19.4 Å². The van der Waals surface area contributed by atoms with Crippen LogP contribution in [0.25, 0.3) is 0 Å². The van der Waals surface area contributed by atoms with Gasteiger partial charge in [-0.15, -0.1) is 0 Å². The third-order valence-electron chi connectivity index (χ3n) is 1.30. The Bertz CT molecular complexity index is 296. The van der Waals surface area contributed by atoms with Crippen molar-refractivity contribution in [1.29, 1.82) is 0 Å². The van der Waals surface area contributed by atoms with E-state index in [-0.39, 0.29) is 12.4 Å². The van der Waals surface area contributed by atoms with E-state index in [0.717, 1.165) is 0 Å². The van der Waals surface area contributed by atoms with Crippen molar-refractivity contribution >= 4 is 5.97 Å². The smallest absolute Gasteiger partial charge is 0.343 e. The number of aliphatic hydroxyl groups excluding tert-OH is 1. The minimum absolute atomic E-state index is 0.0732. The summed E-state index contributed by atoms with van der Waals surface area (Å²) in [5.41, 5.74) is 0. The molecule has 0 spiro atoms. The third kappa shape index (κ3) is 2.25. The summed E-state index contributed by atoms with van der Waals surface area (Å²) >= 11 is 0. The molecule has 0 amide bonds. The van der Waals surface area contributed by atoms with Gasteiger partial charge in [-0.2, -0.15) is 4.98 Å². The molecule has 0 aliphatic heterocycles. The first kappa shape index (κ1) is 9.66. The Morgan fingerprint density at radius 1 is 1.77 bits per heavy atom. The van der Waals surface area contributed by atoms with E-state index in [1.165, 1.54) is 0 Å². The summed E-state index contributed by atoms with van der Waals surface area (Å²) in [7, 11) is 0. The Morgan fingerprint density at radius 3 is 2.92 bits per heavy atom. The van der Waals surface area contributed by atoms with E-state index in [4.69, 9.17) is 0 Å². The normalized spacial score (nSPS) is 12.5. The maximum absolute atomic E-state index is 11.0. The second kappa shape index (κ2) is 3.99. The molecular weight excluding hydrogens is 176 g/mol. The van der Waals surface area contributed by atoms with Crippen LogP contribution in [-0.4, -0.2) is 27.8 Å². The zero-order valence-electron chi connectivity index (χ0n) is 7.35. The third-order valence-corrected chi connectivity index (χ3v) is 1.30. The number of aryl methyl sites for hydroxylation is 1. The van der Waals surface area contributed by atoms with E-state index in [1.54, 1.807) is 13.8 Å². The fourth-order valence-electron chi connectivity index (χ4n) is 0.753. The summed E-state index contributed by atoms with van der Waals surface area (Å²) in [6.07, 6.45) is -1.46. The van der Waals surface area contributed by atoms with Crippen LogP contribution in [-0.2, 0) is 9.53 Å². The molecule has 0 saturated carbocycles. The number of carbonyl (C=O) groups excluding carboxylic acids is 1. The number of aliphatic hydroxyl groups is 1. The molecule has 6 nitrogen and oxygen atoms in total. The van der Waals surface area contributed by atoms with Crippen LogP contribution in [0.4, 0.5) is 0 Å². The van der Waals surface area contributed by atoms with Crippen molar-refractivity contribution in [2.75, 3.05) is 6.61 Å². The van der Waals surface area contributed by atoms with Gasteiger partial charge in [0, 0.05) is 6.92 Å². The van der Waals surface area contributed by atoms with E-state index in [0.29, 0.717) is 5.89 Å². The average molecular weight is 186 g/mol. The first-order valence-electron chi connectivity index (χ1n) is 3.80. The molecule has 0 radical (unpaired) electrons. The summed E-state index contributed by atoms with van der Waals surface area (Å²) < 4.78 is 9.14. The van der Waals surface area contributed by atoms with Crippen LogP contribution >= 0.6 is 0 Å². The van der Waals surface area contributed by atoms with E-state index in [1.807, 2.05) is 0 Å². The van der Waals surface area contributed by atoms with Crippen molar-refractivity contribution in [3.63, 3.8) is 0 Å². The van der Waals surface area contributed by atoms with Crippen molar-refractivity contribution < 1.29 is 19.2 Å². The number of ether oxygens (including phenoxy) is 1. The van der Waals surface area contributed by atoms with Gasteiger partial charge in [-0.1, -0.05) is 5.16 Å². The number of hydrogen-bond acceptors (Lipinski definition) is 6. The standard InChI is InChI=1S/C7H10N2O4/c1-3-12-7(11)5(10)6-8-4(2)13-9-6/h5,10H,3H2,1-2H3/t5-/m1/s1. The molecule has 1 heterocycles. The van der Waals surface area contributed by atoms with Gasteiger partial charge < -0.3 is 14.4 Å². The van der Waals surface area contributed by atoms with Crippen molar-refractivity contribution in [2.24, 2.45) is 0 Å². The van der Waals surface area contributed by atoms with Crippen LogP contribution in [0.3, 0.4) is 0 Å². The fraction of sp³-hybridized carbons (Fsp3) is 0.571. The van der Waals surface area contributed by atoms with Gasteiger partial charge in [0.2, 0.25) is 17.8 Å². The second-order valence-corrected chi connectivity index (χ2v) is 2.33. The first-order valence-corrected chi connectivity index (χ1v) is 3.80. The average Bonchev–Trinajstić information content (AvgIpc) is 2.51. The Hall–Kier alpha value is -1.43. The predicted molar refractivity (Wildman–Crippen MR) is 40.6 cm³/mol. The number of rotatable bonds is 3. The van der Waals surface area contributed by atoms with Gasteiger partial charge >= 0.3 is 5.97 Å². The molecule has 1 N–H and O–H groups in total. The lowest BCUT2D eigenvalue weighted by Crippen LogP contribution is -2.16. The Kier molecular flexibility index (Phi) is 2.97. The van der Waals surface area contributed by atoms with Crippen LogP contribution in [0.1, 0.15) is 24.7 Å². The van der Waals surface area contributed by atoms with Crippen molar-refractivity contribution in [2.45, 2.75) is 20.0 Å². The number of hydrogen-bond donors (Lipinski definition) is 1. The predicted octanol–water partition coefficient (Wildman–Crippen LogP) is -0.0255. The molecule has 1 aromatic rings. The molecular formula is C7H10N2O4. The van der Waals surface area contributed by atoms with Crippen LogP contribution in [0.5, 0.6) is 0 Å². The highest BCUT2D eigenvalue weighted by Gasteiger charge is 2.23. The van der Waals surface area contributed by atoms with Gasteiger partial charge in [0.1, 0.15) is 0 Å². The van der Waals surface area contributed by atoms with E-state index < -0.39 is 12.1 Å². The number of nitrogens with zero attached hydrogens (tertiary/aromatic N) is 2. The van der Waals surface area contributed by atoms with Gasteiger partial charge in [-0.3, -0.25) is 0 Å². The van der Waals surface area contributed by atoms with Crippen molar-refractivity contribution in [3.8, 4) is 0 Å². The number of carbonyl (C=O) groups is 1. The largest absolute Gasteiger partial charge is 0.464 e. The Labute approximate surface area is 74.5 Å². The van der Waals surface area contributed by atoms with Crippen LogP contribution in [0, 0.1) is 6.92 Å². The lowest BCUT2D eigenvalue weighted by molar-refractivity contribution is -0.153. The van der Waals surface area contributed by atoms with Crippen LogP contribution < -0.4 is 0 Å². The SMILES string of the molecule is CCOC(=O)[C@H](O)c1noc(C)n1. The molecule has 1 atom stereocenters. The summed E-state index contributed by atoms with van der Waals surface area (Å²) in [6, 6.07) is 0. The summed E-state index contributed by atoms with van der Waals surface area (Å²) in [4.78, 5) is 14.6. The van der Waals surface area contributed by atoms with Gasteiger partial charge in [0.25, 0.3) is 0 Å². The van der Waals surface area contributed by atoms with Gasteiger partial charge in [-0.25, -0.2) is 4.79 Å². The summed E-state index contributed by atoms with van der Waals surface area (Å²) in [5.74, 6) is -0.558. The van der Waals surface area contributed by atoms with Gasteiger partial charge in [-0.05, 0) is 6.92 Å². The van der Waals surface area contributed by atoms with Gasteiger partial charge in [0.05, 0.1) is 6.61 Å². The highest BCUT2D eigenvalue weighted by molar-refractivity contribution is 5.74. The van der Waals surface area contributed by atoms with Crippen LogP contribution in [0.2, 0.25) is 0 Å². The van der Waals surface area contributed by atoms with E-state index >= 15 is 0 Å². The van der Waals surface area contributed by atoms with Gasteiger partial charge in [0.15, 0.2) is 0 Å². The van der Waals surface area contributed by atoms with Crippen molar-refractivity contribution in [1.82, 2.24) is 10.1 Å². The maximum Gasteiger partial charge on any atom is 0.343 e. The molecule has 13 heavy (non-hydrogen) atoms. The van der Waals surface area contributed by atoms with Crippen molar-refractivity contribution in [3.05, 3.63) is 11.7 Å². The molecule has 0 aliphatic carbocycles. The lowest BCUT2D eigenvalue weighted by atomic mass is 10.3. The molecule has 1 aromatic heterocycles. The fourth-order valence-corrected chi connectivity index (χ4v) is 0.753. The zero-order chi connectivity index (χ0) is 9.84. The minimum Gasteiger partial charge on any atom is -0.464 e. The zero-order valence-corrected chi connectivity index (χ0v) is 7.35. The summed E-state index contributed by atoms with van der Waals surface area (Å²) in [5, 5.41) is 12.7. The maximum atomic E-state index is 11.0.